The van der Waals surface area contributed by atoms with E-state index in [1.807, 2.05) is 0 Å². The molecule has 0 spiro atoms. The summed E-state index contributed by atoms with van der Waals surface area (Å²) in [5.41, 5.74) is 1.17. The molecule has 3 unspecified atom stereocenters. The Morgan fingerprint density at radius 1 is 0.683 bits per heavy atom. The van der Waals surface area contributed by atoms with E-state index in [1.165, 1.54) is 108 Å². The van der Waals surface area contributed by atoms with E-state index < -0.39 is 22.3 Å². The molecule has 0 saturated heterocycles. The highest BCUT2D eigenvalue weighted by Crippen LogP contribution is 2.64. The van der Waals surface area contributed by atoms with Crippen LogP contribution in [0, 0.1) is 28.6 Å². The Hall–Kier alpha value is -1.74. The number of ketones is 1. The molecule has 8 nitrogen and oxygen atoms in total. The van der Waals surface area contributed by atoms with Gasteiger partial charge in [0.2, 0.25) is 0 Å². The van der Waals surface area contributed by atoms with Gasteiger partial charge in [0.05, 0.1) is 11.9 Å². The van der Waals surface area contributed by atoms with Crippen LogP contribution in [0.2, 0.25) is 0 Å². The Morgan fingerprint density at radius 2 is 1.18 bits per heavy atom. The van der Waals surface area contributed by atoms with E-state index in [2.05, 4.69) is 33.8 Å². The number of Topliss-reactive ketones (excluding diaryl/α,β-unsaturated/α-hetero) is 1. The van der Waals surface area contributed by atoms with Crippen molar-refractivity contribution in [2.75, 3.05) is 12.4 Å². The second-order valence-corrected chi connectivity index (χ2v) is 21.8. The molecular weight excluding hydrogens is 773 g/mol. The van der Waals surface area contributed by atoms with E-state index in [0.29, 0.717) is 49.2 Å². The molecular formula is C51H88O8S. The molecule has 0 N–H and O–H groups in total. The highest BCUT2D eigenvalue weighted by Gasteiger charge is 2.58. The molecule has 4 aliphatic carbocycles. The number of carbonyl (C=O) groups is 3. The van der Waals surface area contributed by atoms with Crippen LogP contribution in [0.4, 0.5) is 0 Å². The molecule has 0 aromatic rings. The number of fused-ring (bicyclic) bond motifs is 5. The monoisotopic (exact) mass is 861 g/mol. The van der Waals surface area contributed by atoms with Crippen molar-refractivity contribution in [1.29, 1.82) is 0 Å². The Balaban J connectivity index is 1.21. The largest absolute Gasteiger partial charge is 0.462 e. The third-order valence-corrected chi connectivity index (χ3v) is 16.7. The molecule has 60 heavy (non-hydrogen) atoms. The Bertz CT molecular complexity index is 1420. The van der Waals surface area contributed by atoms with Gasteiger partial charge in [-0.05, 0) is 81.0 Å². The maximum atomic E-state index is 13.5. The Kier molecular flexibility index (Phi) is 22.7. The van der Waals surface area contributed by atoms with Crippen LogP contribution in [0.25, 0.3) is 0 Å². The molecule has 0 aromatic carbocycles. The summed E-state index contributed by atoms with van der Waals surface area (Å²) in [6.45, 7) is 8.92. The van der Waals surface area contributed by atoms with Crippen molar-refractivity contribution in [2.24, 2.45) is 28.6 Å². The summed E-state index contributed by atoms with van der Waals surface area (Å²) in [5.74, 6) is 0.962. The molecule has 0 heterocycles. The van der Waals surface area contributed by atoms with E-state index in [9.17, 15) is 22.8 Å². The van der Waals surface area contributed by atoms with Crippen molar-refractivity contribution >= 4 is 27.8 Å². The maximum absolute atomic E-state index is 13.5. The Morgan fingerprint density at radius 3 is 1.75 bits per heavy atom. The van der Waals surface area contributed by atoms with Crippen LogP contribution in [-0.2, 0) is 38.2 Å². The predicted molar refractivity (Wildman–Crippen MR) is 243 cm³/mol. The summed E-state index contributed by atoms with van der Waals surface area (Å²) in [7, 11) is -3.93. The minimum Gasteiger partial charge on any atom is -0.462 e. The standard InChI is InChI=1S/C51H88O8S/c1-5-7-9-11-13-15-17-19-21-23-25-27-48(53)57-40-43(58-49(54)28-26-24-22-20-18-16-14-12-10-8-6-2)35-38-60(55,56)59-42-33-36-50(3)41(39-42)29-30-44-45-31-32-47(52)51(45,4)37-34-46(44)50/h29,42-46H,5-28,30-40H2,1-4H3/t42?,43?,44-,45-,46?,50-,51-/m0/s1. The molecule has 4 aliphatic rings. The van der Waals surface area contributed by atoms with Crippen molar-refractivity contribution in [2.45, 2.75) is 252 Å². The number of allylic oxidation sites excluding steroid dienone is 1. The first kappa shape index (κ1) is 50.9. The fourth-order valence-corrected chi connectivity index (χ4v) is 12.8. The molecule has 3 fully saturated rings. The number of hydrogen-bond acceptors (Lipinski definition) is 8. The minimum atomic E-state index is -3.93. The smallest absolute Gasteiger partial charge is 0.306 e. The summed E-state index contributed by atoms with van der Waals surface area (Å²) in [6.07, 6.45) is 34.8. The van der Waals surface area contributed by atoms with Crippen molar-refractivity contribution in [3.8, 4) is 0 Å². The van der Waals surface area contributed by atoms with E-state index in [1.54, 1.807) is 0 Å². The average Bonchev–Trinajstić information content (AvgIpc) is 3.53. The van der Waals surface area contributed by atoms with Gasteiger partial charge in [0.1, 0.15) is 18.5 Å². The Labute approximate surface area is 367 Å². The van der Waals surface area contributed by atoms with Gasteiger partial charge in [0.25, 0.3) is 10.1 Å². The zero-order valence-electron chi connectivity index (χ0n) is 38.9. The topological polar surface area (TPSA) is 113 Å². The molecule has 0 bridgehead atoms. The average molecular weight is 861 g/mol. The molecule has 0 amide bonds. The van der Waals surface area contributed by atoms with Crippen LogP contribution in [0.5, 0.6) is 0 Å². The van der Waals surface area contributed by atoms with Gasteiger partial charge in [-0.3, -0.25) is 18.6 Å². The highest BCUT2D eigenvalue weighted by atomic mass is 32.2. The predicted octanol–water partition coefficient (Wildman–Crippen LogP) is 13.5. The maximum Gasteiger partial charge on any atom is 0.306 e. The van der Waals surface area contributed by atoms with Gasteiger partial charge in [-0.25, -0.2) is 0 Å². The lowest BCUT2D eigenvalue weighted by atomic mass is 9.48. The van der Waals surface area contributed by atoms with Gasteiger partial charge in [-0.1, -0.05) is 168 Å². The summed E-state index contributed by atoms with van der Waals surface area (Å²) in [4.78, 5) is 38.6. The van der Waals surface area contributed by atoms with E-state index in [4.69, 9.17) is 13.7 Å². The first-order valence-electron chi connectivity index (χ1n) is 25.4. The quantitative estimate of drug-likeness (QED) is 0.0284. The first-order valence-corrected chi connectivity index (χ1v) is 27.0. The van der Waals surface area contributed by atoms with E-state index >= 15 is 0 Å². The number of esters is 2. The van der Waals surface area contributed by atoms with Gasteiger partial charge in [0, 0.05) is 31.1 Å². The van der Waals surface area contributed by atoms with Gasteiger partial charge in [-0.2, -0.15) is 8.42 Å². The number of unbranched alkanes of at least 4 members (excludes halogenated alkanes) is 20. The SMILES string of the molecule is CCCCCCCCCCCCCC(=O)OCC(CCS(=O)(=O)OC1CC[C@@]2(C)C(=CC[C@@H]3C2CC[C@]2(C)C(=O)CC[C@@H]32)C1)OC(=O)CCCCCCCCCCCCC. The van der Waals surface area contributed by atoms with Gasteiger partial charge in [0.15, 0.2) is 0 Å². The van der Waals surface area contributed by atoms with Gasteiger partial charge < -0.3 is 9.47 Å². The van der Waals surface area contributed by atoms with Crippen molar-refractivity contribution in [3.05, 3.63) is 11.6 Å². The van der Waals surface area contributed by atoms with Gasteiger partial charge >= 0.3 is 11.9 Å². The normalized spacial score (nSPS) is 26.8. The molecule has 7 atom stereocenters. The summed E-state index contributed by atoms with van der Waals surface area (Å²) >= 11 is 0. The fraction of sp³-hybridized carbons (Fsp3) is 0.902. The summed E-state index contributed by atoms with van der Waals surface area (Å²) in [5, 5.41) is 0. The fourth-order valence-electron chi connectivity index (χ4n) is 11.6. The zero-order chi connectivity index (χ0) is 43.3. The molecule has 346 valence electrons. The van der Waals surface area contributed by atoms with Gasteiger partial charge in [-0.15, -0.1) is 0 Å². The molecule has 9 heteroatoms. The highest BCUT2D eigenvalue weighted by molar-refractivity contribution is 7.86. The third-order valence-electron chi connectivity index (χ3n) is 15.4. The molecule has 0 aromatic heterocycles. The molecule has 4 rings (SSSR count). The van der Waals surface area contributed by atoms with Crippen molar-refractivity contribution in [3.63, 3.8) is 0 Å². The second-order valence-electron chi connectivity index (χ2n) is 20.1. The summed E-state index contributed by atoms with van der Waals surface area (Å²) in [6, 6.07) is 0. The lowest BCUT2D eigenvalue weighted by Crippen LogP contribution is -2.50. The minimum absolute atomic E-state index is 0.0180. The lowest BCUT2D eigenvalue weighted by molar-refractivity contribution is -0.159. The van der Waals surface area contributed by atoms with Crippen molar-refractivity contribution in [1.82, 2.24) is 0 Å². The van der Waals surface area contributed by atoms with Crippen LogP contribution in [-0.4, -0.2) is 50.7 Å². The summed E-state index contributed by atoms with van der Waals surface area (Å²) < 4.78 is 44.2. The van der Waals surface area contributed by atoms with Crippen molar-refractivity contribution < 1.29 is 36.5 Å². The van der Waals surface area contributed by atoms with Crippen LogP contribution in [0.15, 0.2) is 11.6 Å². The van der Waals surface area contributed by atoms with E-state index in [-0.39, 0.29) is 48.0 Å². The molecule has 0 radical (unpaired) electrons. The number of carbonyl (C=O) groups excluding carboxylic acids is 3. The van der Waals surface area contributed by atoms with Crippen LogP contribution < -0.4 is 0 Å². The van der Waals surface area contributed by atoms with Crippen LogP contribution in [0.1, 0.15) is 240 Å². The zero-order valence-corrected chi connectivity index (χ0v) is 39.7. The van der Waals surface area contributed by atoms with E-state index in [0.717, 1.165) is 70.6 Å². The molecule has 3 saturated carbocycles. The van der Waals surface area contributed by atoms with Crippen LogP contribution >= 0.6 is 0 Å². The third kappa shape index (κ3) is 16.4. The number of rotatable bonds is 32. The lowest BCUT2D eigenvalue weighted by Gasteiger charge is -2.56. The second kappa shape index (κ2) is 26.8. The first-order chi connectivity index (χ1) is 28.9. The molecule has 0 aliphatic heterocycles. The number of ether oxygens (including phenoxy) is 2. The van der Waals surface area contributed by atoms with Crippen LogP contribution in [0.3, 0.4) is 0 Å². The number of hydrogen-bond donors (Lipinski definition) is 0.